The van der Waals surface area contributed by atoms with Crippen molar-refractivity contribution in [3.05, 3.63) is 53.6 Å². The first-order chi connectivity index (χ1) is 11.2. The molecule has 5 nitrogen and oxygen atoms in total. The molecule has 0 N–H and O–H groups in total. The van der Waals surface area contributed by atoms with Crippen molar-refractivity contribution in [3.63, 3.8) is 0 Å². The quantitative estimate of drug-likeness (QED) is 0.851. The molecule has 120 valence electrons. The fourth-order valence-electron chi connectivity index (χ4n) is 2.45. The van der Waals surface area contributed by atoms with Crippen molar-refractivity contribution in [2.45, 2.75) is 13.0 Å². The lowest BCUT2D eigenvalue weighted by atomic mass is 10.1. The van der Waals surface area contributed by atoms with E-state index in [1.165, 1.54) is 0 Å². The molecular weight excluding hydrogens is 294 g/mol. The van der Waals surface area contributed by atoms with Gasteiger partial charge in [-0.05, 0) is 35.4 Å². The third-order valence-electron chi connectivity index (χ3n) is 3.80. The van der Waals surface area contributed by atoms with Crippen molar-refractivity contribution in [2.24, 2.45) is 0 Å². The number of likely N-dealkylation sites (N-methyl/N-ethyl adjacent to an activating group) is 1. The average molecular weight is 313 g/mol. The first-order valence-corrected chi connectivity index (χ1v) is 7.41. The smallest absolute Gasteiger partial charge is 0.231 e. The van der Waals surface area contributed by atoms with Crippen LogP contribution in [0.15, 0.2) is 42.5 Å². The minimum Gasteiger partial charge on any atom is -0.497 e. The van der Waals surface area contributed by atoms with Gasteiger partial charge in [-0.3, -0.25) is 4.79 Å². The Bertz CT molecular complexity index is 697. The molecule has 0 saturated heterocycles. The molecule has 0 saturated carbocycles. The SMILES string of the molecule is COc1ccc(CC(=O)N(C)Cc2ccc3c(c2)OCO3)cc1. The number of nitrogens with zero attached hydrogens (tertiary/aromatic N) is 1. The highest BCUT2D eigenvalue weighted by Gasteiger charge is 2.15. The molecule has 2 aromatic rings. The number of fused-ring (bicyclic) bond motifs is 1. The molecule has 0 aliphatic carbocycles. The molecule has 0 unspecified atom stereocenters. The number of ether oxygens (including phenoxy) is 3. The molecule has 5 heteroatoms. The lowest BCUT2D eigenvalue weighted by Crippen LogP contribution is -2.27. The van der Waals surface area contributed by atoms with Gasteiger partial charge in [-0.1, -0.05) is 18.2 Å². The minimum atomic E-state index is 0.0628. The number of rotatable bonds is 5. The lowest BCUT2D eigenvalue weighted by Gasteiger charge is -2.17. The van der Waals surface area contributed by atoms with Crippen LogP contribution >= 0.6 is 0 Å². The van der Waals surface area contributed by atoms with E-state index in [1.807, 2.05) is 42.5 Å². The van der Waals surface area contributed by atoms with E-state index in [2.05, 4.69) is 0 Å². The largest absolute Gasteiger partial charge is 0.497 e. The third kappa shape index (κ3) is 3.56. The summed E-state index contributed by atoms with van der Waals surface area (Å²) in [5.41, 5.74) is 1.98. The van der Waals surface area contributed by atoms with Crippen molar-refractivity contribution in [2.75, 3.05) is 21.0 Å². The predicted octanol–water partition coefficient (Wildman–Crippen LogP) is 2.63. The first-order valence-electron chi connectivity index (χ1n) is 7.41. The van der Waals surface area contributed by atoms with Crippen LogP contribution in [-0.2, 0) is 17.8 Å². The summed E-state index contributed by atoms with van der Waals surface area (Å²) >= 11 is 0. The van der Waals surface area contributed by atoms with Crippen molar-refractivity contribution in [1.29, 1.82) is 0 Å². The number of amides is 1. The molecule has 3 rings (SSSR count). The summed E-state index contributed by atoms with van der Waals surface area (Å²) in [6.45, 7) is 0.788. The molecule has 0 radical (unpaired) electrons. The highest BCUT2D eigenvalue weighted by Crippen LogP contribution is 2.32. The maximum absolute atomic E-state index is 12.3. The van der Waals surface area contributed by atoms with Crippen LogP contribution in [0.2, 0.25) is 0 Å². The first kappa shape index (κ1) is 15.2. The Balaban J connectivity index is 1.60. The molecular formula is C18H19NO4. The normalized spacial score (nSPS) is 12.1. The van der Waals surface area contributed by atoms with Gasteiger partial charge in [-0.15, -0.1) is 0 Å². The van der Waals surface area contributed by atoms with Crippen LogP contribution in [0.4, 0.5) is 0 Å². The summed E-state index contributed by atoms with van der Waals surface area (Å²) in [5, 5.41) is 0. The predicted molar refractivity (Wildman–Crippen MR) is 85.7 cm³/mol. The van der Waals surface area contributed by atoms with E-state index in [-0.39, 0.29) is 12.7 Å². The topological polar surface area (TPSA) is 48.0 Å². The molecule has 0 fully saturated rings. The van der Waals surface area contributed by atoms with Crippen molar-refractivity contribution >= 4 is 5.91 Å². The van der Waals surface area contributed by atoms with Crippen LogP contribution in [0, 0.1) is 0 Å². The molecule has 1 aliphatic heterocycles. The molecule has 0 atom stereocenters. The second-order valence-electron chi connectivity index (χ2n) is 5.46. The van der Waals surface area contributed by atoms with E-state index in [1.54, 1.807) is 19.1 Å². The Morgan fingerprint density at radius 3 is 2.52 bits per heavy atom. The Morgan fingerprint density at radius 2 is 1.78 bits per heavy atom. The van der Waals surface area contributed by atoms with Gasteiger partial charge in [0, 0.05) is 13.6 Å². The summed E-state index contributed by atoms with van der Waals surface area (Å²) in [4.78, 5) is 14.1. The third-order valence-corrected chi connectivity index (χ3v) is 3.80. The fraction of sp³-hybridized carbons (Fsp3) is 0.278. The molecule has 1 aliphatic rings. The summed E-state index contributed by atoms with van der Waals surface area (Å²) in [6, 6.07) is 13.3. The number of benzene rings is 2. The number of hydrogen-bond acceptors (Lipinski definition) is 4. The van der Waals surface area contributed by atoms with Gasteiger partial charge in [-0.25, -0.2) is 0 Å². The highest BCUT2D eigenvalue weighted by molar-refractivity contribution is 5.78. The Labute approximate surface area is 135 Å². The minimum absolute atomic E-state index is 0.0628. The van der Waals surface area contributed by atoms with Crippen LogP contribution in [0.25, 0.3) is 0 Å². The molecule has 0 spiro atoms. The summed E-state index contributed by atoms with van der Waals surface area (Å²) in [7, 11) is 3.43. The van der Waals surface area contributed by atoms with Gasteiger partial charge in [0.2, 0.25) is 12.7 Å². The van der Waals surface area contributed by atoms with Gasteiger partial charge in [0.05, 0.1) is 13.5 Å². The van der Waals surface area contributed by atoms with Gasteiger partial charge >= 0.3 is 0 Å². The van der Waals surface area contributed by atoms with Gasteiger partial charge in [0.15, 0.2) is 11.5 Å². The Hall–Kier alpha value is -2.69. The van der Waals surface area contributed by atoms with Crippen LogP contribution in [0.1, 0.15) is 11.1 Å². The second-order valence-corrected chi connectivity index (χ2v) is 5.46. The van der Waals surface area contributed by atoms with Gasteiger partial charge in [0.1, 0.15) is 5.75 Å². The summed E-state index contributed by atoms with van der Waals surface area (Å²) in [5.74, 6) is 2.34. The maximum atomic E-state index is 12.3. The zero-order chi connectivity index (χ0) is 16.2. The number of methoxy groups -OCH3 is 1. The Morgan fingerprint density at radius 1 is 1.09 bits per heavy atom. The molecule has 2 aromatic carbocycles. The van der Waals surface area contributed by atoms with Gasteiger partial charge < -0.3 is 19.1 Å². The van der Waals surface area contributed by atoms with Crippen LogP contribution in [0.3, 0.4) is 0 Å². The van der Waals surface area contributed by atoms with E-state index < -0.39 is 0 Å². The number of carbonyl (C=O) groups is 1. The van der Waals surface area contributed by atoms with E-state index in [9.17, 15) is 4.79 Å². The number of carbonyl (C=O) groups excluding carboxylic acids is 1. The maximum Gasteiger partial charge on any atom is 0.231 e. The van der Waals surface area contributed by atoms with Crippen LogP contribution in [0.5, 0.6) is 17.2 Å². The van der Waals surface area contributed by atoms with Crippen molar-refractivity contribution in [3.8, 4) is 17.2 Å². The molecule has 0 aromatic heterocycles. The Kier molecular flexibility index (Phi) is 4.37. The van der Waals surface area contributed by atoms with Gasteiger partial charge in [0.25, 0.3) is 0 Å². The molecule has 1 heterocycles. The van der Waals surface area contributed by atoms with E-state index >= 15 is 0 Å². The van der Waals surface area contributed by atoms with Crippen LogP contribution in [-0.4, -0.2) is 31.8 Å². The molecule has 0 bridgehead atoms. The van der Waals surface area contributed by atoms with Crippen molar-refractivity contribution in [1.82, 2.24) is 4.90 Å². The fourth-order valence-corrected chi connectivity index (χ4v) is 2.45. The van der Waals surface area contributed by atoms with E-state index in [0.29, 0.717) is 13.0 Å². The summed E-state index contributed by atoms with van der Waals surface area (Å²) in [6.07, 6.45) is 0.366. The average Bonchev–Trinajstić information content (AvgIpc) is 3.03. The molecule has 23 heavy (non-hydrogen) atoms. The zero-order valence-electron chi connectivity index (χ0n) is 13.2. The van der Waals surface area contributed by atoms with Gasteiger partial charge in [-0.2, -0.15) is 0 Å². The molecule has 1 amide bonds. The van der Waals surface area contributed by atoms with Crippen molar-refractivity contribution < 1.29 is 19.0 Å². The second kappa shape index (κ2) is 6.60. The monoisotopic (exact) mass is 313 g/mol. The van der Waals surface area contributed by atoms with Crippen LogP contribution < -0.4 is 14.2 Å². The lowest BCUT2D eigenvalue weighted by molar-refractivity contribution is -0.129. The zero-order valence-corrected chi connectivity index (χ0v) is 13.2. The highest BCUT2D eigenvalue weighted by atomic mass is 16.7. The number of hydrogen-bond donors (Lipinski definition) is 0. The summed E-state index contributed by atoms with van der Waals surface area (Å²) < 4.78 is 15.8. The van der Waals surface area contributed by atoms with E-state index in [4.69, 9.17) is 14.2 Å². The van der Waals surface area contributed by atoms with E-state index in [0.717, 1.165) is 28.4 Å². The standard InChI is InChI=1S/C18H19NO4/c1-19(11-14-5-8-16-17(9-14)23-12-22-16)18(20)10-13-3-6-15(21-2)7-4-13/h3-9H,10-12H2,1-2H3.